The number of nitrogens with two attached hydrogens (primary N) is 1. The summed E-state index contributed by atoms with van der Waals surface area (Å²) < 4.78 is 7.88. The Morgan fingerprint density at radius 3 is 2.70 bits per heavy atom. The zero-order valence-corrected chi connectivity index (χ0v) is 20.4. The maximum atomic E-state index is 13.5. The first-order chi connectivity index (χ1) is 15.7. The molecule has 1 spiro atoms. The van der Waals surface area contributed by atoms with E-state index in [1.54, 1.807) is 17.0 Å². The Balaban J connectivity index is 1.43. The van der Waals surface area contributed by atoms with Crippen molar-refractivity contribution in [2.75, 3.05) is 18.0 Å². The number of fused-ring (bicyclic) bond motifs is 1. The zero-order valence-electron chi connectivity index (χ0n) is 18.9. The molecule has 0 amide bonds. The number of halogens is 2. The number of allylic oxidation sites excluding steroid dienone is 4. The molecule has 3 aliphatic rings. The Kier molecular flexibility index (Phi) is 5.34. The monoisotopic (exact) mass is 487 g/mol. The second-order valence-electron chi connectivity index (χ2n) is 9.21. The lowest BCUT2D eigenvalue weighted by Crippen LogP contribution is -2.52. The normalized spacial score (nSPS) is 27.9. The van der Waals surface area contributed by atoms with Crippen molar-refractivity contribution in [2.24, 2.45) is 5.73 Å². The van der Waals surface area contributed by atoms with Crippen molar-refractivity contribution in [3.8, 4) is 5.75 Å². The number of ether oxygens (including phenoxy) is 1. The first-order valence-electron chi connectivity index (χ1n) is 11.1. The van der Waals surface area contributed by atoms with Gasteiger partial charge in [0.1, 0.15) is 27.9 Å². The van der Waals surface area contributed by atoms with Crippen LogP contribution in [0.4, 0.5) is 5.82 Å². The van der Waals surface area contributed by atoms with Gasteiger partial charge in [0.25, 0.3) is 5.56 Å². The van der Waals surface area contributed by atoms with Crippen molar-refractivity contribution in [2.45, 2.75) is 55.5 Å². The van der Waals surface area contributed by atoms with E-state index < -0.39 is 15.9 Å². The van der Waals surface area contributed by atoms with Gasteiger partial charge in [-0.25, -0.2) is 4.98 Å². The lowest BCUT2D eigenvalue weighted by molar-refractivity contribution is 0.0428. The van der Waals surface area contributed by atoms with Gasteiger partial charge < -0.3 is 15.4 Å². The van der Waals surface area contributed by atoms with E-state index in [1.807, 2.05) is 45.1 Å². The molecule has 1 aliphatic carbocycles. The Labute approximate surface area is 202 Å². The Hall–Kier alpha value is -2.35. The molecule has 1 fully saturated rings. The number of anilines is 1. The number of hydrogen-bond donors (Lipinski definition) is 1. The molecular formula is C24H27Cl2N5O2. The van der Waals surface area contributed by atoms with Crippen LogP contribution in [-0.2, 0) is 0 Å². The lowest BCUT2D eigenvalue weighted by Gasteiger charge is -2.42. The van der Waals surface area contributed by atoms with Crippen molar-refractivity contribution >= 4 is 34.7 Å². The molecule has 7 nitrogen and oxygen atoms in total. The zero-order chi connectivity index (χ0) is 23.5. The minimum Gasteiger partial charge on any atom is -0.483 e. The molecule has 0 bridgehead atoms. The van der Waals surface area contributed by atoms with Crippen LogP contribution in [0.1, 0.15) is 42.8 Å². The summed E-state index contributed by atoms with van der Waals surface area (Å²) in [6, 6.07) is 1.73. The summed E-state index contributed by atoms with van der Waals surface area (Å²) in [7, 11) is 0. The smallest absolute Gasteiger partial charge is 0.262 e. The molecular weight excluding hydrogens is 461 g/mol. The van der Waals surface area contributed by atoms with E-state index in [4.69, 9.17) is 38.7 Å². The third kappa shape index (κ3) is 3.40. The number of rotatable bonds is 2. The average molecular weight is 488 g/mol. The average Bonchev–Trinajstić information content (AvgIpc) is 3.06. The summed E-state index contributed by atoms with van der Waals surface area (Å²) in [5.41, 5.74) is 8.21. The molecule has 2 aromatic rings. The van der Waals surface area contributed by atoms with Crippen LogP contribution in [0.2, 0.25) is 0 Å². The van der Waals surface area contributed by atoms with Crippen molar-refractivity contribution < 1.29 is 4.74 Å². The van der Waals surface area contributed by atoms with Gasteiger partial charge in [0.2, 0.25) is 0 Å². The van der Waals surface area contributed by atoms with Gasteiger partial charge in [-0.2, -0.15) is 0 Å². The molecule has 1 saturated heterocycles. The minimum atomic E-state index is -0.919. The molecule has 0 aromatic carbocycles. The van der Waals surface area contributed by atoms with E-state index in [2.05, 4.69) is 9.88 Å². The van der Waals surface area contributed by atoms with Gasteiger partial charge in [-0.05, 0) is 32.9 Å². The van der Waals surface area contributed by atoms with Crippen LogP contribution in [0.25, 0.3) is 5.70 Å². The highest BCUT2D eigenvalue weighted by Crippen LogP contribution is 2.47. The maximum Gasteiger partial charge on any atom is 0.262 e. The molecule has 9 heteroatoms. The van der Waals surface area contributed by atoms with Crippen molar-refractivity contribution in [3.63, 3.8) is 0 Å². The summed E-state index contributed by atoms with van der Waals surface area (Å²) >= 11 is 13.2. The Morgan fingerprint density at radius 2 is 2.00 bits per heavy atom. The molecule has 2 N–H and O–H groups in total. The van der Waals surface area contributed by atoms with Gasteiger partial charge >= 0.3 is 0 Å². The maximum absolute atomic E-state index is 13.5. The van der Waals surface area contributed by atoms with Crippen LogP contribution in [0.3, 0.4) is 0 Å². The third-order valence-corrected chi connectivity index (χ3v) is 8.31. The number of hydrogen-bond acceptors (Lipinski definition) is 6. The first-order valence-corrected chi connectivity index (χ1v) is 11.9. The number of pyridine rings is 1. The quantitative estimate of drug-likeness (QED) is 0.649. The summed E-state index contributed by atoms with van der Waals surface area (Å²) in [5.74, 6) is 2.04. The van der Waals surface area contributed by atoms with Crippen LogP contribution in [0.5, 0.6) is 5.75 Å². The van der Waals surface area contributed by atoms with E-state index in [0.717, 1.165) is 24.2 Å². The van der Waals surface area contributed by atoms with E-state index in [9.17, 15) is 4.79 Å². The Morgan fingerprint density at radius 1 is 1.27 bits per heavy atom. The predicted octanol–water partition coefficient (Wildman–Crippen LogP) is 3.70. The summed E-state index contributed by atoms with van der Waals surface area (Å²) in [6.45, 7) is 6.83. The minimum absolute atomic E-state index is 0.137. The second kappa shape index (κ2) is 7.86. The second-order valence-corrected chi connectivity index (χ2v) is 10.5. The number of aryl methyl sites for hydroxylation is 1. The molecule has 0 saturated carbocycles. The summed E-state index contributed by atoms with van der Waals surface area (Å²) in [6.07, 6.45) is 10.4. The van der Waals surface area contributed by atoms with Gasteiger partial charge in [0.15, 0.2) is 0 Å². The molecule has 174 valence electrons. The van der Waals surface area contributed by atoms with E-state index in [1.165, 1.54) is 0 Å². The number of aromatic nitrogens is 3. The topological polar surface area (TPSA) is 86.3 Å². The van der Waals surface area contributed by atoms with Gasteiger partial charge in [-0.15, -0.1) is 23.2 Å². The van der Waals surface area contributed by atoms with Crippen LogP contribution in [0, 0.1) is 13.8 Å². The molecule has 4 heterocycles. The van der Waals surface area contributed by atoms with E-state index in [-0.39, 0.29) is 11.6 Å². The van der Waals surface area contributed by atoms with Crippen LogP contribution >= 0.6 is 23.2 Å². The fraction of sp³-hybridized carbons (Fsp3) is 0.458. The van der Waals surface area contributed by atoms with E-state index in [0.29, 0.717) is 36.0 Å². The SMILES string of the molecule is Cc1c(N2CCC3(CC2)Oc2cnccc2[C@@H]3N)nc(C)n(C2=CC=CC(Cl)C2(C)Cl)c1=O. The highest BCUT2D eigenvalue weighted by Gasteiger charge is 2.49. The standard InChI is InChI=1S/C24H27Cl2N5O2/c1-14-21(29-15(2)31(22(14)32)19-6-4-5-18(25)23(19,3)26)30-11-8-24(9-12-30)20(27)16-7-10-28-13-17(16)33-24/h4-7,10,13,18,20H,8-9,11-12,27H2,1-3H3/t18?,20-,23?/m0/s1. The molecule has 2 aromatic heterocycles. The predicted molar refractivity (Wildman–Crippen MR) is 131 cm³/mol. The van der Waals surface area contributed by atoms with Crippen molar-refractivity contribution in [3.05, 3.63) is 64.0 Å². The van der Waals surface area contributed by atoms with E-state index >= 15 is 0 Å². The number of alkyl halides is 2. The molecule has 5 rings (SSSR count). The van der Waals surface area contributed by atoms with Crippen LogP contribution in [0.15, 0.2) is 41.5 Å². The van der Waals surface area contributed by atoms with Gasteiger partial charge in [-0.1, -0.05) is 12.2 Å². The molecule has 3 atom stereocenters. The largest absolute Gasteiger partial charge is 0.483 e. The summed E-state index contributed by atoms with van der Waals surface area (Å²) in [4.78, 5) is 23.7. The lowest BCUT2D eigenvalue weighted by atomic mass is 9.83. The van der Waals surface area contributed by atoms with Crippen LogP contribution < -0.4 is 20.9 Å². The molecule has 33 heavy (non-hydrogen) atoms. The van der Waals surface area contributed by atoms with Gasteiger partial charge in [0.05, 0.1) is 28.9 Å². The Bertz CT molecular complexity index is 1230. The van der Waals surface area contributed by atoms with Gasteiger partial charge in [-0.3, -0.25) is 14.3 Å². The summed E-state index contributed by atoms with van der Waals surface area (Å²) in [5, 5.41) is -0.432. The fourth-order valence-electron chi connectivity index (χ4n) is 5.12. The van der Waals surface area contributed by atoms with Crippen molar-refractivity contribution in [1.29, 1.82) is 0 Å². The molecule has 0 radical (unpaired) electrons. The van der Waals surface area contributed by atoms with Crippen molar-refractivity contribution in [1.82, 2.24) is 14.5 Å². The first kappa shape index (κ1) is 22.4. The number of piperidine rings is 1. The third-order valence-electron chi connectivity index (χ3n) is 7.19. The number of nitrogens with zero attached hydrogens (tertiary/aromatic N) is 4. The van der Waals surface area contributed by atoms with Gasteiger partial charge in [0, 0.05) is 37.7 Å². The highest BCUT2D eigenvalue weighted by molar-refractivity contribution is 6.37. The van der Waals surface area contributed by atoms with Crippen LogP contribution in [-0.4, -0.2) is 43.5 Å². The highest BCUT2D eigenvalue weighted by atomic mass is 35.5. The molecule has 2 aliphatic heterocycles. The fourth-order valence-corrected chi connectivity index (χ4v) is 5.54. The molecule has 2 unspecified atom stereocenters.